The average Bonchev–Trinajstić information content (AvgIpc) is 2.56. The van der Waals surface area contributed by atoms with E-state index < -0.39 is 0 Å². The van der Waals surface area contributed by atoms with Gasteiger partial charge in [-0.1, -0.05) is 65.0 Å². The lowest BCUT2D eigenvalue weighted by Gasteiger charge is -2.10. The zero-order valence-electron chi connectivity index (χ0n) is 15.9. The van der Waals surface area contributed by atoms with Crippen molar-refractivity contribution >= 4 is 11.9 Å². The molecule has 0 atom stereocenters. The molecule has 4 nitrogen and oxygen atoms in total. The van der Waals surface area contributed by atoms with E-state index in [-0.39, 0.29) is 11.9 Å². The van der Waals surface area contributed by atoms with Crippen LogP contribution < -0.4 is 9.47 Å². The van der Waals surface area contributed by atoms with Crippen molar-refractivity contribution < 1.29 is 19.1 Å². The van der Waals surface area contributed by atoms with Gasteiger partial charge in [-0.25, -0.2) is 0 Å². The first-order valence-corrected chi connectivity index (χ1v) is 9.53. The highest BCUT2D eigenvalue weighted by Crippen LogP contribution is 2.27. The number of esters is 2. The first-order valence-electron chi connectivity index (χ1n) is 9.53. The standard InChI is InChI=1S/C21H32O4/c1-4-5-6-7-8-15-20(22)24-18-13-9-10-14-19(18)25-21(23)16-11-12-17(2)3/h9-10,13-14,17H,4-8,11-12,15-16H2,1-3H3. The van der Waals surface area contributed by atoms with E-state index in [4.69, 9.17) is 9.47 Å². The van der Waals surface area contributed by atoms with Crippen LogP contribution in [-0.4, -0.2) is 11.9 Å². The van der Waals surface area contributed by atoms with E-state index in [1.807, 2.05) is 0 Å². The van der Waals surface area contributed by atoms with Crippen molar-refractivity contribution in [3.8, 4) is 11.5 Å². The van der Waals surface area contributed by atoms with Crippen molar-refractivity contribution in [1.82, 2.24) is 0 Å². The number of ether oxygens (including phenoxy) is 2. The van der Waals surface area contributed by atoms with Gasteiger partial charge in [0, 0.05) is 12.8 Å². The number of unbranched alkanes of at least 4 members (excludes halogenated alkanes) is 4. The highest BCUT2D eigenvalue weighted by Gasteiger charge is 2.13. The van der Waals surface area contributed by atoms with E-state index in [0.29, 0.717) is 30.3 Å². The van der Waals surface area contributed by atoms with Gasteiger partial charge in [-0.05, 0) is 30.9 Å². The first-order chi connectivity index (χ1) is 12.0. The van der Waals surface area contributed by atoms with E-state index in [0.717, 1.165) is 32.1 Å². The zero-order chi connectivity index (χ0) is 18.5. The van der Waals surface area contributed by atoms with Crippen molar-refractivity contribution in [2.24, 2.45) is 5.92 Å². The summed E-state index contributed by atoms with van der Waals surface area (Å²) in [5, 5.41) is 0. The van der Waals surface area contributed by atoms with Crippen LogP contribution in [0.4, 0.5) is 0 Å². The lowest BCUT2D eigenvalue weighted by Crippen LogP contribution is -2.12. The fourth-order valence-electron chi connectivity index (χ4n) is 2.49. The molecule has 0 aliphatic rings. The maximum absolute atomic E-state index is 12.0. The van der Waals surface area contributed by atoms with E-state index in [9.17, 15) is 9.59 Å². The monoisotopic (exact) mass is 348 g/mol. The molecule has 1 rings (SSSR count). The summed E-state index contributed by atoms with van der Waals surface area (Å²) in [6, 6.07) is 6.84. The summed E-state index contributed by atoms with van der Waals surface area (Å²) in [4.78, 5) is 23.9. The smallest absolute Gasteiger partial charge is 0.311 e. The second-order valence-electron chi connectivity index (χ2n) is 6.85. The van der Waals surface area contributed by atoms with Crippen LogP contribution in [0.15, 0.2) is 24.3 Å². The minimum atomic E-state index is -0.288. The molecule has 0 unspecified atom stereocenters. The van der Waals surface area contributed by atoms with E-state index in [1.54, 1.807) is 24.3 Å². The van der Waals surface area contributed by atoms with Gasteiger partial charge in [-0.3, -0.25) is 9.59 Å². The van der Waals surface area contributed by atoms with Crippen LogP contribution in [0.5, 0.6) is 11.5 Å². The van der Waals surface area contributed by atoms with Crippen molar-refractivity contribution in [2.75, 3.05) is 0 Å². The molecule has 0 fully saturated rings. The Hall–Kier alpha value is -1.84. The number of hydrogen-bond acceptors (Lipinski definition) is 4. The molecule has 0 spiro atoms. The molecule has 0 aliphatic heterocycles. The number of benzene rings is 1. The van der Waals surface area contributed by atoms with Gasteiger partial charge in [0.1, 0.15) is 0 Å². The zero-order valence-corrected chi connectivity index (χ0v) is 15.9. The number of carbonyl (C=O) groups excluding carboxylic acids is 2. The van der Waals surface area contributed by atoms with Gasteiger partial charge in [-0.15, -0.1) is 0 Å². The quantitative estimate of drug-likeness (QED) is 0.277. The van der Waals surface area contributed by atoms with E-state index >= 15 is 0 Å². The molecular formula is C21H32O4. The van der Waals surface area contributed by atoms with Crippen molar-refractivity contribution in [2.45, 2.75) is 78.6 Å². The molecule has 4 heteroatoms. The summed E-state index contributed by atoms with van der Waals surface area (Å²) in [6.45, 7) is 6.42. The molecule has 0 aromatic heterocycles. The van der Waals surface area contributed by atoms with Crippen LogP contribution >= 0.6 is 0 Å². The van der Waals surface area contributed by atoms with Crippen LogP contribution in [0.2, 0.25) is 0 Å². The summed E-state index contributed by atoms with van der Waals surface area (Å²) in [6.07, 6.45) is 7.95. The summed E-state index contributed by atoms with van der Waals surface area (Å²) in [7, 11) is 0. The van der Waals surface area contributed by atoms with Gasteiger partial charge in [0.05, 0.1) is 0 Å². The number of hydrogen-bond donors (Lipinski definition) is 0. The fraction of sp³-hybridized carbons (Fsp3) is 0.619. The summed E-state index contributed by atoms with van der Waals surface area (Å²) in [5.74, 6) is 0.636. The Morgan fingerprint density at radius 1 is 0.840 bits per heavy atom. The Balaban J connectivity index is 2.44. The van der Waals surface area contributed by atoms with Crippen LogP contribution in [0.25, 0.3) is 0 Å². The summed E-state index contributed by atoms with van der Waals surface area (Å²) < 4.78 is 10.7. The maximum atomic E-state index is 12.0. The van der Waals surface area contributed by atoms with Crippen LogP contribution in [0, 0.1) is 5.92 Å². The van der Waals surface area contributed by atoms with Gasteiger partial charge >= 0.3 is 11.9 Å². The van der Waals surface area contributed by atoms with E-state index in [2.05, 4.69) is 20.8 Å². The minimum Gasteiger partial charge on any atom is -0.423 e. The van der Waals surface area contributed by atoms with Crippen molar-refractivity contribution in [3.63, 3.8) is 0 Å². The molecule has 1 aromatic rings. The molecule has 0 saturated carbocycles. The summed E-state index contributed by atoms with van der Waals surface area (Å²) in [5.41, 5.74) is 0. The Kier molecular flexibility index (Phi) is 10.6. The molecule has 0 aliphatic carbocycles. The Labute approximate surface area is 151 Å². The van der Waals surface area contributed by atoms with Crippen LogP contribution in [0.3, 0.4) is 0 Å². The second-order valence-corrected chi connectivity index (χ2v) is 6.85. The van der Waals surface area contributed by atoms with Gasteiger partial charge < -0.3 is 9.47 Å². The van der Waals surface area contributed by atoms with Gasteiger partial charge in [0.25, 0.3) is 0 Å². The maximum Gasteiger partial charge on any atom is 0.311 e. The lowest BCUT2D eigenvalue weighted by molar-refractivity contribution is -0.137. The third-order valence-corrected chi connectivity index (χ3v) is 3.94. The van der Waals surface area contributed by atoms with Gasteiger partial charge in [0.2, 0.25) is 0 Å². The molecule has 0 radical (unpaired) electrons. The fourth-order valence-corrected chi connectivity index (χ4v) is 2.49. The second kappa shape index (κ2) is 12.5. The predicted octanol–water partition coefficient (Wildman–Crippen LogP) is 5.68. The minimum absolute atomic E-state index is 0.278. The summed E-state index contributed by atoms with van der Waals surface area (Å²) >= 11 is 0. The lowest BCUT2D eigenvalue weighted by atomic mass is 10.1. The Bertz CT molecular complexity index is 522. The normalized spacial score (nSPS) is 10.7. The Morgan fingerprint density at radius 3 is 1.88 bits per heavy atom. The molecule has 0 amide bonds. The molecule has 0 heterocycles. The molecule has 140 valence electrons. The highest BCUT2D eigenvalue weighted by molar-refractivity contribution is 5.76. The molecular weight excluding hydrogens is 316 g/mol. The van der Waals surface area contributed by atoms with Crippen LogP contribution in [0.1, 0.15) is 78.6 Å². The molecule has 25 heavy (non-hydrogen) atoms. The van der Waals surface area contributed by atoms with Crippen molar-refractivity contribution in [1.29, 1.82) is 0 Å². The number of rotatable bonds is 12. The number of carbonyl (C=O) groups is 2. The third-order valence-electron chi connectivity index (χ3n) is 3.94. The third kappa shape index (κ3) is 9.90. The largest absolute Gasteiger partial charge is 0.423 e. The first kappa shape index (κ1) is 21.2. The van der Waals surface area contributed by atoms with E-state index in [1.165, 1.54) is 12.8 Å². The highest BCUT2D eigenvalue weighted by atomic mass is 16.6. The Morgan fingerprint density at radius 2 is 1.36 bits per heavy atom. The molecule has 1 aromatic carbocycles. The van der Waals surface area contributed by atoms with Crippen molar-refractivity contribution in [3.05, 3.63) is 24.3 Å². The molecule has 0 saturated heterocycles. The molecule has 0 bridgehead atoms. The molecule has 0 N–H and O–H groups in total. The average molecular weight is 348 g/mol. The van der Waals surface area contributed by atoms with Gasteiger partial charge in [0.15, 0.2) is 11.5 Å². The van der Waals surface area contributed by atoms with Gasteiger partial charge in [-0.2, -0.15) is 0 Å². The topological polar surface area (TPSA) is 52.6 Å². The SMILES string of the molecule is CCCCCCCC(=O)Oc1ccccc1OC(=O)CCCC(C)C. The predicted molar refractivity (Wildman–Crippen MR) is 99.8 cm³/mol. The number of para-hydroxylation sites is 2. The van der Waals surface area contributed by atoms with Crippen LogP contribution in [-0.2, 0) is 9.59 Å².